The van der Waals surface area contributed by atoms with Crippen LogP contribution in [0.3, 0.4) is 0 Å². The molecule has 0 saturated carbocycles. The number of carbonyl (C=O) groups excluding carboxylic acids is 5. The number of hydrogen-bond acceptors (Lipinski definition) is 19. The lowest BCUT2D eigenvalue weighted by Gasteiger charge is -2.50. The molecule has 5 unspecified atom stereocenters. The van der Waals surface area contributed by atoms with E-state index in [1.165, 1.54) is 14.0 Å². The van der Waals surface area contributed by atoms with Crippen molar-refractivity contribution < 1.29 is 81.9 Å². The Bertz CT molecular complexity index is 1850. The molecule has 3 aliphatic heterocycles. The van der Waals surface area contributed by atoms with Gasteiger partial charge in [-0.25, -0.2) is 0 Å². The fourth-order valence-electron chi connectivity index (χ4n) is 9.79. The van der Waals surface area contributed by atoms with Crippen molar-refractivity contribution in [3.8, 4) is 5.75 Å². The highest BCUT2D eigenvalue weighted by Crippen LogP contribution is 2.39. The quantitative estimate of drug-likeness (QED) is 0.119. The Morgan fingerprint density at radius 1 is 0.943 bits per heavy atom. The number of aldehydes is 1. The highest BCUT2D eigenvalue weighted by Gasteiger charge is 2.54. The van der Waals surface area contributed by atoms with Gasteiger partial charge in [-0.2, -0.15) is 0 Å². The fourth-order valence-corrected chi connectivity index (χ4v) is 9.79. The molecule has 3 heterocycles. The van der Waals surface area contributed by atoms with Crippen molar-refractivity contribution in [2.75, 3.05) is 41.3 Å². The maximum absolute atomic E-state index is 14.1. The Morgan fingerprint density at radius 2 is 1.61 bits per heavy atom. The number of methoxy groups -OCH3 is 1. The first-order valence-corrected chi connectivity index (χ1v) is 24.7. The van der Waals surface area contributed by atoms with Gasteiger partial charge in [0.05, 0.1) is 36.9 Å². The van der Waals surface area contributed by atoms with Crippen LogP contribution in [0.4, 0.5) is 0 Å². The normalized spacial score (nSPS) is 35.5. The lowest BCUT2D eigenvalue weighted by atomic mass is 9.82. The number of aliphatic hydroxyl groups is 2. The van der Waals surface area contributed by atoms with Crippen molar-refractivity contribution in [2.45, 2.75) is 192 Å². The van der Waals surface area contributed by atoms with Crippen LogP contribution in [-0.2, 0) is 66.6 Å². The SMILES string of the molecule is CCC(=O)O[C@@H]1CC(=O)O[C@@H](CC=Cc2ccc(O)cc2)CCCN(C)C[C@H](O)[C@H](C)C[C@H](CC=O)[C@H](O[C@@H]2OC(C)[C@@H](O[C@H]3CC(C)(OC(C)=O)[C@@H](OC(=O)CC)C(C)O3)C(N(C)C)C2O)[C@H]1OC. The smallest absolute Gasteiger partial charge is 0.309 e. The highest BCUT2D eigenvalue weighted by atomic mass is 16.7. The number of likely N-dealkylation sites (N-methyl/N-ethyl adjacent to an activating group) is 2. The van der Waals surface area contributed by atoms with Crippen LogP contribution in [-0.4, -0.2) is 182 Å². The monoisotopic (exact) mass is 993 g/mol. The van der Waals surface area contributed by atoms with E-state index in [-0.39, 0.29) is 37.9 Å². The van der Waals surface area contributed by atoms with Gasteiger partial charge in [-0.1, -0.05) is 45.1 Å². The molecule has 0 radical (unpaired) electrons. The lowest BCUT2D eigenvalue weighted by molar-refractivity contribution is -0.344. The van der Waals surface area contributed by atoms with E-state index in [1.54, 1.807) is 77.9 Å². The van der Waals surface area contributed by atoms with Crippen molar-refractivity contribution in [3.05, 3.63) is 35.9 Å². The lowest BCUT2D eigenvalue weighted by Crippen LogP contribution is -2.66. The number of aromatic hydroxyl groups is 1. The zero-order valence-corrected chi connectivity index (χ0v) is 42.9. The van der Waals surface area contributed by atoms with E-state index in [9.17, 15) is 39.3 Å². The molecule has 70 heavy (non-hydrogen) atoms. The second kappa shape index (κ2) is 27.7. The summed E-state index contributed by atoms with van der Waals surface area (Å²) in [6.07, 6.45) is -6.73. The minimum atomic E-state index is -1.45. The van der Waals surface area contributed by atoms with Crippen LogP contribution in [0.25, 0.3) is 6.08 Å². The van der Waals surface area contributed by atoms with E-state index in [0.29, 0.717) is 32.4 Å². The number of aliphatic hydroxyl groups excluding tert-OH is 2. The Kier molecular flexibility index (Phi) is 23.1. The molecule has 3 fully saturated rings. The van der Waals surface area contributed by atoms with Gasteiger partial charge in [0.2, 0.25) is 0 Å². The molecule has 0 aliphatic carbocycles. The minimum absolute atomic E-state index is 0.0275. The van der Waals surface area contributed by atoms with E-state index in [2.05, 4.69) is 0 Å². The van der Waals surface area contributed by atoms with Gasteiger partial charge in [-0.3, -0.25) is 19.2 Å². The summed E-state index contributed by atoms with van der Waals surface area (Å²) in [5.74, 6) is -3.36. The number of rotatable bonds is 16. The molecule has 4 rings (SSSR count). The predicted molar refractivity (Wildman–Crippen MR) is 255 cm³/mol. The molecule has 0 amide bonds. The van der Waals surface area contributed by atoms with Gasteiger partial charge >= 0.3 is 23.9 Å². The summed E-state index contributed by atoms with van der Waals surface area (Å²) in [5, 5.41) is 33.6. The van der Waals surface area contributed by atoms with Gasteiger partial charge < -0.3 is 72.5 Å². The average Bonchev–Trinajstić information content (AvgIpc) is 3.28. The van der Waals surface area contributed by atoms with Crippen LogP contribution in [0, 0.1) is 11.8 Å². The average molecular weight is 993 g/mol. The second-order valence-electron chi connectivity index (χ2n) is 19.5. The molecule has 396 valence electrons. The second-order valence-corrected chi connectivity index (χ2v) is 19.5. The van der Waals surface area contributed by atoms with Gasteiger partial charge in [-0.15, -0.1) is 0 Å². The standard InChI is InChI=1S/C51H80N2O17/c1-12-40(58)66-39-27-42(60)65-37(17-14-16-34-19-21-36(56)22-20-34)18-15-24-53(10)29-38(57)30(3)26-35(23-25-54)47(48(39)62-11)69-50-45(61)44(52(8)9)46(31(4)64-50)68-43-28-51(7,70-33(6)55)49(32(5)63-43)67-41(59)13-2/h14,16,19-22,25,30-32,35,37-39,43-50,56-57,61H,12-13,15,17-18,23-24,26-29H2,1-11H3/t30-,31?,32?,35+,37+,38+,39-,43+,44?,45?,46-,47+,48+,49+,50+,51?/m1/s1. The van der Waals surface area contributed by atoms with E-state index >= 15 is 0 Å². The summed E-state index contributed by atoms with van der Waals surface area (Å²) in [4.78, 5) is 68.4. The Hall–Kier alpha value is -4.05. The molecule has 3 saturated heterocycles. The Balaban J connectivity index is 1.70. The van der Waals surface area contributed by atoms with Gasteiger partial charge in [0.15, 0.2) is 24.3 Å². The molecule has 19 nitrogen and oxygen atoms in total. The minimum Gasteiger partial charge on any atom is -0.508 e. The maximum atomic E-state index is 14.1. The number of nitrogens with zero attached hydrogens (tertiary/aromatic N) is 2. The zero-order chi connectivity index (χ0) is 51.9. The molecule has 3 N–H and O–H groups in total. The van der Waals surface area contributed by atoms with Crippen molar-refractivity contribution in [1.29, 1.82) is 0 Å². The summed E-state index contributed by atoms with van der Waals surface area (Å²) < 4.78 is 55.9. The number of β-amino-alcohol motifs (C(OH)–C–C–N with tert-alkyl or cyclic N) is 1. The molecule has 0 spiro atoms. The van der Waals surface area contributed by atoms with E-state index in [0.717, 1.165) is 11.8 Å². The Morgan fingerprint density at radius 3 is 2.23 bits per heavy atom. The molecule has 16 atom stereocenters. The third kappa shape index (κ3) is 16.8. The fraction of sp³-hybridized carbons (Fsp3) is 0.745. The number of phenolic OH excluding ortho intramolecular Hbond substituents is 1. The number of carbonyl (C=O) groups is 5. The molecule has 3 aliphatic rings. The predicted octanol–water partition coefficient (Wildman–Crippen LogP) is 4.34. The van der Waals surface area contributed by atoms with Gasteiger partial charge in [0.1, 0.15) is 42.6 Å². The summed E-state index contributed by atoms with van der Waals surface area (Å²) in [6, 6.07) is 5.85. The van der Waals surface area contributed by atoms with Crippen LogP contribution in [0.2, 0.25) is 0 Å². The summed E-state index contributed by atoms with van der Waals surface area (Å²) in [7, 11) is 6.76. The maximum Gasteiger partial charge on any atom is 0.309 e. The van der Waals surface area contributed by atoms with Crippen LogP contribution in [0.5, 0.6) is 5.75 Å². The zero-order valence-electron chi connectivity index (χ0n) is 42.9. The van der Waals surface area contributed by atoms with Crippen LogP contribution in [0.1, 0.15) is 112 Å². The van der Waals surface area contributed by atoms with E-state index in [1.807, 2.05) is 31.0 Å². The first-order valence-electron chi connectivity index (χ1n) is 24.7. The van der Waals surface area contributed by atoms with Gasteiger partial charge in [-0.05, 0) is 97.3 Å². The van der Waals surface area contributed by atoms with Crippen LogP contribution in [0.15, 0.2) is 30.3 Å². The van der Waals surface area contributed by atoms with E-state index in [4.69, 9.17) is 42.6 Å². The largest absolute Gasteiger partial charge is 0.508 e. The number of hydrogen-bond donors (Lipinski definition) is 3. The summed E-state index contributed by atoms with van der Waals surface area (Å²) in [5.41, 5.74) is -0.491. The highest BCUT2D eigenvalue weighted by molar-refractivity contribution is 5.73. The van der Waals surface area contributed by atoms with Crippen molar-refractivity contribution in [1.82, 2.24) is 9.80 Å². The molecule has 19 heteroatoms. The van der Waals surface area contributed by atoms with Crippen molar-refractivity contribution >= 4 is 36.2 Å². The molecule has 1 aromatic rings. The number of benzene rings is 1. The first-order chi connectivity index (χ1) is 33.1. The van der Waals surface area contributed by atoms with Gasteiger partial charge in [0.25, 0.3) is 0 Å². The molecular formula is C51H80N2O17. The van der Waals surface area contributed by atoms with Crippen LogP contribution >= 0.6 is 0 Å². The number of phenols is 1. The van der Waals surface area contributed by atoms with Crippen LogP contribution < -0.4 is 0 Å². The molecule has 0 aromatic heterocycles. The molecule has 1 aromatic carbocycles. The summed E-state index contributed by atoms with van der Waals surface area (Å²) >= 11 is 0. The Labute approximate surface area is 413 Å². The summed E-state index contributed by atoms with van der Waals surface area (Å²) in [6.45, 7) is 12.4. The first kappa shape index (κ1) is 58.5. The third-order valence-electron chi connectivity index (χ3n) is 13.4. The molecular weight excluding hydrogens is 913 g/mol. The van der Waals surface area contributed by atoms with Crippen molar-refractivity contribution in [2.24, 2.45) is 11.8 Å². The molecule has 0 bridgehead atoms. The van der Waals surface area contributed by atoms with Gasteiger partial charge in [0, 0.05) is 52.7 Å². The topological polar surface area (TPSA) is 236 Å². The number of cyclic esters (lactones) is 1. The third-order valence-corrected chi connectivity index (χ3v) is 13.4. The number of ether oxygens (including phenoxy) is 9. The number of esters is 4. The van der Waals surface area contributed by atoms with E-state index < -0.39 is 127 Å². The van der Waals surface area contributed by atoms with Crippen molar-refractivity contribution in [3.63, 3.8) is 0 Å².